The summed E-state index contributed by atoms with van der Waals surface area (Å²) >= 11 is 0. The second-order valence-electron chi connectivity index (χ2n) is 4.72. The third-order valence-electron chi connectivity index (χ3n) is 3.05. The summed E-state index contributed by atoms with van der Waals surface area (Å²) in [5.74, 6) is -0.130. The lowest BCUT2D eigenvalue weighted by molar-refractivity contribution is 0.0905. The Labute approximate surface area is 118 Å². The van der Waals surface area contributed by atoms with E-state index < -0.39 is 0 Å². The maximum atomic E-state index is 12.2. The van der Waals surface area contributed by atoms with Gasteiger partial charge in [-0.15, -0.1) is 0 Å². The molecule has 1 atom stereocenters. The minimum atomic E-state index is -0.130. The highest BCUT2D eigenvalue weighted by atomic mass is 16.5. The Kier molecular flexibility index (Phi) is 4.53. The standard InChI is InChI=1S/C15H19N3O2/c1-11(10-20-3)17-15(19)14-9-16-18(12(14)2)13-7-5-4-6-8-13/h4-9,11H,10H2,1-3H3,(H,17,19). The maximum absolute atomic E-state index is 12.2. The van der Waals surface area contributed by atoms with Crippen LogP contribution in [0.2, 0.25) is 0 Å². The van der Waals surface area contributed by atoms with Crippen LogP contribution in [0.5, 0.6) is 0 Å². The SMILES string of the molecule is COCC(C)NC(=O)c1cnn(-c2ccccc2)c1C. The quantitative estimate of drug-likeness (QED) is 0.906. The Hall–Kier alpha value is -2.14. The number of carbonyl (C=O) groups excluding carboxylic acids is 1. The van der Waals surface area contributed by atoms with Crippen LogP contribution in [0.15, 0.2) is 36.5 Å². The van der Waals surface area contributed by atoms with E-state index in [2.05, 4.69) is 10.4 Å². The molecule has 0 aliphatic heterocycles. The number of benzene rings is 1. The number of hydrogen-bond donors (Lipinski definition) is 1. The fourth-order valence-electron chi connectivity index (χ4n) is 2.06. The van der Waals surface area contributed by atoms with Crippen molar-refractivity contribution in [3.63, 3.8) is 0 Å². The third-order valence-corrected chi connectivity index (χ3v) is 3.05. The molecule has 1 aromatic heterocycles. The van der Waals surface area contributed by atoms with Crippen molar-refractivity contribution in [3.8, 4) is 5.69 Å². The minimum Gasteiger partial charge on any atom is -0.383 e. The van der Waals surface area contributed by atoms with Gasteiger partial charge in [-0.05, 0) is 26.0 Å². The zero-order valence-electron chi connectivity index (χ0n) is 12.0. The first-order chi connectivity index (χ1) is 9.63. The molecule has 1 aromatic carbocycles. The van der Waals surface area contributed by atoms with Crippen molar-refractivity contribution in [2.24, 2.45) is 0 Å². The summed E-state index contributed by atoms with van der Waals surface area (Å²) in [6, 6.07) is 9.70. The highest BCUT2D eigenvalue weighted by Crippen LogP contribution is 2.13. The van der Waals surface area contributed by atoms with E-state index in [4.69, 9.17) is 4.74 Å². The van der Waals surface area contributed by atoms with Gasteiger partial charge in [0.15, 0.2) is 0 Å². The van der Waals surface area contributed by atoms with Crippen LogP contribution in [0.4, 0.5) is 0 Å². The summed E-state index contributed by atoms with van der Waals surface area (Å²) in [6.07, 6.45) is 1.59. The zero-order valence-corrected chi connectivity index (χ0v) is 12.0. The molecule has 0 aliphatic rings. The number of nitrogens with zero attached hydrogens (tertiary/aromatic N) is 2. The van der Waals surface area contributed by atoms with Crippen molar-refractivity contribution in [2.45, 2.75) is 19.9 Å². The molecule has 0 spiro atoms. The average Bonchev–Trinajstić information content (AvgIpc) is 2.82. The predicted molar refractivity (Wildman–Crippen MR) is 77.1 cm³/mol. The van der Waals surface area contributed by atoms with Crippen molar-refractivity contribution >= 4 is 5.91 Å². The molecule has 5 nitrogen and oxygen atoms in total. The van der Waals surface area contributed by atoms with E-state index in [9.17, 15) is 4.79 Å². The summed E-state index contributed by atoms with van der Waals surface area (Å²) in [7, 11) is 1.61. The van der Waals surface area contributed by atoms with Crippen LogP contribution in [0.1, 0.15) is 23.0 Å². The number of amides is 1. The molecule has 0 aliphatic carbocycles. The van der Waals surface area contributed by atoms with Gasteiger partial charge in [0.25, 0.3) is 5.91 Å². The summed E-state index contributed by atoms with van der Waals surface area (Å²) in [6.45, 7) is 4.27. The molecule has 0 fully saturated rings. The minimum absolute atomic E-state index is 0.0352. The van der Waals surface area contributed by atoms with Crippen molar-refractivity contribution < 1.29 is 9.53 Å². The predicted octanol–water partition coefficient (Wildman–Crippen LogP) is 1.95. The van der Waals surface area contributed by atoms with Gasteiger partial charge in [0.1, 0.15) is 0 Å². The van der Waals surface area contributed by atoms with Crippen molar-refractivity contribution in [2.75, 3.05) is 13.7 Å². The molecule has 0 radical (unpaired) electrons. The average molecular weight is 273 g/mol. The molecule has 2 aromatic rings. The van der Waals surface area contributed by atoms with Crippen LogP contribution in [-0.4, -0.2) is 35.4 Å². The van der Waals surface area contributed by atoms with Crippen LogP contribution in [-0.2, 0) is 4.74 Å². The van der Waals surface area contributed by atoms with Gasteiger partial charge in [-0.1, -0.05) is 18.2 Å². The molecule has 0 saturated carbocycles. The lowest BCUT2D eigenvalue weighted by atomic mass is 10.2. The van der Waals surface area contributed by atoms with E-state index in [1.54, 1.807) is 18.0 Å². The van der Waals surface area contributed by atoms with Crippen molar-refractivity contribution in [1.29, 1.82) is 0 Å². The van der Waals surface area contributed by atoms with Crippen LogP contribution in [0.3, 0.4) is 0 Å². The Morgan fingerprint density at radius 1 is 1.40 bits per heavy atom. The molecule has 1 amide bonds. The van der Waals surface area contributed by atoms with Gasteiger partial charge < -0.3 is 10.1 Å². The second kappa shape index (κ2) is 6.34. The summed E-state index contributed by atoms with van der Waals surface area (Å²) < 4.78 is 6.77. The molecular formula is C15H19N3O2. The topological polar surface area (TPSA) is 56.1 Å². The first kappa shape index (κ1) is 14.3. The third kappa shape index (κ3) is 3.05. The largest absolute Gasteiger partial charge is 0.383 e. The van der Waals surface area contributed by atoms with E-state index in [1.807, 2.05) is 44.2 Å². The maximum Gasteiger partial charge on any atom is 0.255 e. The Balaban J connectivity index is 2.19. The van der Waals surface area contributed by atoms with E-state index in [0.717, 1.165) is 11.4 Å². The molecule has 106 valence electrons. The van der Waals surface area contributed by atoms with Crippen LogP contribution in [0, 0.1) is 6.92 Å². The Morgan fingerprint density at radius 2 is 2.10 bits per heavy atom. The Morgan fingerprint density at radius 3 is 2.75 bits per heavy atom. The van der Waals surface area contributed by atoms with Crippen LogP contribution >= 0.6 is 0 Å². The first-order valence-electron chi connectivity index (χ1n) is 6.53. The second-order valence-corrected chi connectivity index (χ2v) is 4.72. The van der Waals surface area contributed by atoms with E-state index in [-0.39, 0.29) is 11.9 Å². The summed E-state index contributed by atoms with van der Waals surface area (Å²) in [4.78, 5) is 12.2. The van der Waals surface area contributed by atoms with Gasteiger partial charge in [-0.3, -0.25) is 4.79 Å². The number of aromatic nitrogens is 2. The highest BCUT2D eigenvalue weighted by molar-refractivity contribution is 5.95. The van der Waals surface area contributed by atoms with Gasteiger partial charge >= 0.3 is 0 Å². The number of para-hydroxylation sites is 1. The van der Waals surface area contributed by atoms with Crippen molar-refractivity contribution in [1.82, 2.24) is 15.1 Å². The number of hydrogen-bond acceptors (Lipinski definition) is 3. The van der Waals surface area contributed by atoms with Gasteiger partial charge in [0.2, 0.25) is 0 Å². The monoisotopic (exact) mass is 273 g/mol. The van der Waals surface area contributed by atoms with Gasteiger partial charge in [0.05, 0.1) is 29.7 Å². The van der Waals surface area contributed by atoms with Crippen LogP contribution < -0.4 is 5.32 Å². The zero-order chi connectivity index (χ0) is 14.5. The summed E-state index contributed by atoms with van der Waals surface area (Å²) in [5.41, 5.74) is 2.34. The first-order valence-corrected chi connectivity index (χ1v) is 6.53. The molecule has 2 rings (SSSR count). The summed E-state index contributed by atoms with van der Waals surface area (Å²) in [5, 5.41) is 7.17. The van der Waals surface area contributed by atoms with Crippen molar-refractivity contribution in [3.05, 3.63) is 47.8 Å². The molecule has 1 N–H and O–H groups in total. The molecular weight excluding hydrogens is 254 g/mol. The van der Waals surface area contributed by atoms with Gasteiger partial charge in [-0.2, -0.15) is 5.10 Å². The van der Waals surface area contributed by atoms with Gasteiger partial charge in [-0.25, -0.2) is 4.68 Å². The molecule has 20 heavy (non-hydrogen) atoms. The van der Waals surface area contributed by atoms with E-state index in [0.29, 0.717) is 12.2 Å². The lowest BCUT2D eigenvalue weighted by Gasteiger charge is -2.12. The van der Waals surface area contributed by atoms with Crippen LogP contribution in [0.25, 0.3) is 5.69 Å². The van der Waals surface area contributed by atoms with E-state index >= 15 is 0 Å². The number of carbonyl (C=O) groups is 1. The fraction of sp³-hybridized carbons (Fsp3) is 0.333. The number of ether oxygens (including phenoxy) is 1. The normalized spacial score (nSPS) is 12.2. The fourth-order valence-corrected chi connectivity index (χ4v) is 2.06. The van der Waals surface area contributed by atoms with E-state index in [1.165, 1.54) is 0 Å². The molecule has 0 bridgehead atoms. The Bertz CT molecular complexity index is 578. The number of rotatable bonds is 5. The number of methoxy groups -OCH3 is 1. The molecule has 0 saturated heterocycles. The smallest absolute Gasteiger partial charge is 0.255 e. The number of nitrogens with one attached hydrogen (secondary N) is 1. The van der Waals surface area contributed by atoms with Gasteiger partial charge in [0, 0.05) is 13.2 Å². The molecule has 1 unspecified atom stereocenters. The molecule has 5 heteroatoms. The molecule has 1 heterocycles. The lowest BCUT2D eigenvalue weighted by Crippen LogP contribution is -2.35. The highest BCUT2D eigenvalue weighted by Gasteiger charge is 2.16.